The number of aromatic nitrogens is 3. The molecule has 1 aliphatic rings. The van der Waals surface area contributed by atoms with Crippen LogP contribution in [0.15, 0.2) is 24.5 Å². The summed E-state index contributed by atoms with van der Waals surface area (Å²) in [6, 6.07) is 6.28. The van der Waals surface area contributed by atoms with Gasteiger partial charge in [0.15, 0.2) is 0 Å². The molecule has 0 saturated heterocycles. The van der Waals surface area contributed by atoms with Gasteiger partial charge in [-0.1, -0.05) is 6.07 Å². The standard InChI is InChI=1S/C20H25N7O/c1-13-14(3-2-9-23-13)8-10-24-20-25-12-16(11-21)19(27-20)26-17-6-4-15(5-7-17)18(22)28/h2-3,9,12,15,17H,4-8,10H2,1H3,(H2,22,28)(H2,24,25,26,27). The van der Waals surface area contributed by atoms with Gasteiger partial charge in [-0.2, -0.15) is 10.2 Å². The van der Waals surface area contributed by atoms with E-state index >= 15 is 0 Å². The van der Waals surface area contributed by atoms with E-state index in [2.05, 4.69) is 37.7 Å². The predicted octanol–water partition coefficient (Wildman–Crippen LogP) is 2.16. The Morgan fingerprint density at radius 2 is 2.11 bits per heavy atom. The Labute approximate surface area is 164 Å². The van der Waals surface area contributed by atoms with E-state index in [1.165, 1.54) is 11.8 Å². The molecule has 0 unspecified atom stereocenters. The maximum atomic E-state index is 11.3. The van der Waals surface area contributed by atoms with Crippen LogP contribution in [-0.2, 0) is 11.2 Å². The van der Waals surface area contributed by atoms with Gasteiger partial charge in [0.1, 0.15) is 17.5 Å². The van der Waals surface area contributed by atoms with Crippen molar-refractivity contribution >= 4 is 17.7 Å². The summed E-state index contributed by atoms with van der Waals surface area (Å²) in [7, 11) is 0. The van der Waals surface area contributed by atoms with E-state index in [-0.39, 0.29) is 17.9 Å². The molecular formula is C20H25N7O. The molecular weight excluding hydrogens is 354 g/mol. The highest BCUT2D eigenvalue weighted by Crippen LogP contribution is 2.27. The minimum atomic E-state index is -0.228. The van der Waals surface area contributed by atoms with Crippen molar-refractivity contribution in [2.75, 3.05) is 17.2 Å². The fourth-order valence-electron chi connectivity index (χ4n) is 3.47. The van der Waals surface area contributed by atoms with Crippen molar-refractivity contribution < 1.29 is 4.79 Å². The lowest BCUT2D eigenvalue weighted by molar-refractivity contribution is -0.122. The van der Waals surface area contributed by atoms with Crippen LogP contribution in [0, 0.1) is 24.2 Å². The van der Waals surface area contributed by atoms with Crippen molar-refractivity contribution in [3.8, 4) is 6.07 Å². The Morgan fingerprint density at radius 3 is 2.79 bits per heavy atom. The van der Waals surface area contributed by atoms with E-state index in [1.807, 2.05) is 13.0 Å². The summed E-state index contributed by atoms with van der Waals surface area (Å²) in [5, 5.41) is 15.9. The summed E-state index contributed by atoms with van der Waals surface area (Å²) >= 11 is 0. The molecule has 0 atom stereocenters. The third-order valence-corrected chi connectivity index (χ3v) is 5.17. The third-order valence-electron chi connectivity index (χ3n) is 5.17. The van der Waals surface area contributed by atoms with E-state index < -0.39 is 0 Å². The molecule has 0 spiro atoms. The Kier molecular flexibility index (Phi) is 6.37. The molecule has 0 aliphatic heterocycles. The van der Waals surface area contributed by atoms with Crippen LogP contribution in [0.4, 0.5) is 11.8 Å². The van der Waals surface area contributed by atoms with Crippen molar-refractivity contribution in [3.63, 3.8) is 0 Å². The van der Waals surface area contributed by atoms with Crippen molar-refractivity contribution in [1.82, 2.24) is 15.0 Å². The number of hydrogen-bond acceptors (Lipinski definition) is 7. The number of pyridine rings is 1. The second kappa shape index (κ2) is 9.13. The Bertz CT molecular complexity index is 869. The molecule has 2 heterocycles. The summed E-state index contributed by atoms with van der Waals surface area (Å²) in [5.74, 6) is 0.731. The lowest BCUT2D eigenvalue weighted by Gasteiger charge is -2.28. The first-order valence-electron chi connectivity index (χ1n) is 9.54. The number of nitrogens with zero attached hydrogens (tertiary/aromatic N) is 4. The molecule has 1 aliphatic carbocycles. The molecule has 0 aromatic carbocycles. The molecule has 1 saturated carbocycles. The zero-order chi connectivity index (χ0) is 19.9. The number of primary amides is 1. The number of carbonyl (C=O) groups is 1. The summed E-state index contributed by atoms with van der Waals surface area (Å²) in [4.78, 5) is 24.3. The predicted molar refractivity (Wildman–Crippen MR) is 106 cm³/mol. The van der Waals surface area contributed by atoms with Gasteiger partial charge < -0.3 is 16.4 Å². The smallest absolute Gasteiger partial charge is 0.224 e. The SMILES string of the molecule is Cc1ncccc1CCNc1ncc(C#N)c(NC2CCC(C(N)=O)CC2)n1. The lowest BCUT2D eigenvalue weighted by atomic mass is 9.85. The lowest BCUT2D eigenvalue weighted by Crippen LogP contribution is -2.32. The zero-order valence-corrected chi connectivity index (χ0v) is 16.0. The van der Waals surface area contributed by atoms with E-state index in [0.717, 1.165) is 37.8 Å². The molecule has 2 aromatic heterocycles. The van der Waals surface area contributed by atoms with Gasteiger partial charge in [0.05, 0.1) is 6.20 Å². The molecule has 8 heteroatoms. The molecule has 146 valence electrons. The van der Waals surface area contributed by atoms with Crippen LogP contribution >= 0.6 is 0 Å². The number of aryl methyl sites for hydroxylation is 1. The Morgan fingerprint density at radius 1 is 1.32 bits per heavy atom. The van der Waals surface area contributed by atoms with Crippen LogP contribution in [0.25, 0.3) is 0 Å². The highest BCUT2D eigenvalue weighted by Gasteiger charge is 2.25. The maximum Gasteiger partial charge on any atom is 0.224 e. The zero-order valence-electron chi connectivity index (χ0n) is 16.0. The van der Waals surface area contributed by atoms with Crippen molar-refractivity contribution in [3.05, 3.63) is 41.3 Å². The summed E-state index contributed by atoms with van der Waals surface area (Å²) in [5.41, 5.74) is 7.99. The van der Waals surface area contributed by atoms with Crippen LogP contribution < -0.4 is 16.4 Å². The first-order valence-corrected chi connectivity index (χ1v) is 9.54. The topological polar surface area (TPSA) is 130 Å². The number of carbonyl (C=O) groups excluding carboxylic acids is 1. The molecule has 28 heavy (non-hydrogen) atoms. The van der Waals surface area contributed by atoms with Crippen molar-refractivity contribution in [2.45, 2.75) is 45.1 Å². The van der Waals surface area contributed by atoms with Gasteiger partial charge in [0, 0.05) is 30.4 Å². The highest BCUT2D eigenvalue weighted by molar-refractivity contribution is 5.76. The first kappa shape index (κ1) is 19.5. The second-order valence-corrected chi connectivity index (χ2v) is 7.09. The molecule has 4 N–H and O–H groups in total. The van der Waals surface area contributed by atoms with Gasteiger partial charge in [-0.15, -0.1) is 0 Å². The van der Waals surface area contributed by atoms with Crippen LogP contribution in [0.5, 0.6) is 0 Å². The quantitative estimate of drug-likeness (QED) is 0.672. The molecule has 0 radical (unpaired) electrons. The number of nitriles is 1. The van der Waals surface area contributed by atoms with E-state index in [1.54, 1.807) is 6.20 Å². The number of rotatable bonds is 7. The molecule has 2 aromatic rings. The summed E-state index contributed by atoms with van der Waals surface area (Å²) in [6.07, 6.45) is 7.29. The van der Waals surface area contributed by atoms with Crippen LogP contribution in [0.3, 0.4) is 0 Å². The van der Waals surface area contributed by atoms with Gasteiger partial charge in [0.2, 0.25) is 11.9 Å². The highest BCUT2D eigenvalue weighted by atomic mass is 16.1. The molecule has 8 nitrogen and oxygen atoms in total. The number of nitrogens with one attached hydrogen (secondary N) is 2. The van der Waals surface area contributed by atoms with E-state index in [0.29, 0.717) is 23.9 Å². The number of anilines is 2. The molecule has 1 fully saturated rings. The van der Waals surface area contributed by atoms with Gasteiger partial charge in [-0.3, -0.25) is 9.78 Å². The van der Waals surface area contributed by atoms with Crippen LogP contribution in [0.2, 0.25) is 0 Å². The average Bonchev–Trinajstić information content (AvgIpc) is 2.70. The van der Waals surface area contributed by atoms with Gasteiger partial charge >= 0.3 is 0 Å². The summed E-state index contributed by atoms with van der Waals surface area (Å²) in [6.45, 7) is 2.66. The van der Waals surface area contributed by atoms with Gasteiger partial charge in [-0.05, 0) is 50.7 Å². The maximum absolute atomic E-state index is 11.3. The first-order chi connectivity index (χ1) is 13.6. The fraction of sp³-hybridized carbons (Fsp3) is 0.450. The largest absolute Gasteiger partial charge is 0.369 e. The third kappa shape index (κ3) is 4.94. The fourth-order valence-corrected chi connectivity index (χ4v) is 3.47. The molecule has 0 bridgehead atoms. The Balaban J connectivity index is 1.60. The van der Waals surface area contributed by atoms with Crippen LogP contribution in [0.1, 0.15) is 42.5 Å². The number of nitrogens with two attached hydrogens (primary N) is 1. The molecule has 1 amide bonds. The average molecular weight is 379 g/mol. The second-order valence-electron chi connectivity index (χ2n) is 7.09. The van der Waals surface area contributed by atoms with Crippen molar-refractivity contribution in [2.24, 2.45) is 11.7 Å². The Hall–Kier alpha value is -3.21. The van der Waals surface area contributed by atoms with Crippen LogP contribution in [-0.4, -0.2) is 33.4 Å². The van der Waals surface area contributed by atoms with Crippen molar-refractivity contribution in [1.29, 1.82) is 5.26 Å². The number of hydrogen-bond donors (Lipinski definition) is 3. The number of amides is 1. The minimum absolute atomic E-state index is 0.0490. The normalized spacial score (nSPS) is 18.9. The monoisotopic (exact) mass is 379 g/mol. The van der Waals surface area contributed by atoms with E-state index in [9.17, 15) is 10.1 Å². The molecule has 3 rings (SSSR count). The minimum Gasteiger partial charge on any atom is -0.369 e. The van der Waals surface area contributed by atoms with E-state index in [4.69, 9.17) is 5.73 Å². The summed E-state index contributed by atoms with van der Waals surface area (Å²) < 4.78 is 0. The van der Waals surface area contributed by atoms with Gasteiger partial charge in [-0.25, -0.2) is 4.98 Å². The van der Waals surface area contributed by atoms with Gasteiger partial charge in [0.25, 0.3) is 0 Å².